The third-order valence-electron chi connectivity index (χ3n) is 9.05. The summed E-state index contributed by atoms with van der Waals surface area (Å²) in [5.74, 6) is 1.33. The standard InChI is InChI=1S/C23H33NO4S/c1-21-8-5-15(25)11-14(21)3-4-16-17(21)6-9-22(2)18(16)7-10-23(22,28)19(26)12-29-13-20(24)27/h11,16-18,28H,3-10,12-13H2,1-2H3,(H2,24,27)/t16-,17+,18+,21+,22+,23+/m1/s1. The molecule has 0 heterocycles. The molecule has 0 bridgehead atoms. The minimum Gasteiger partial charge on any atom is -0.381 e. The van der Waals surface area contributed by atoms with E-state index in [0.29, 0.717) is 30.6 Å². The van der Waals surface area contributed by atoms with Gasteiger partial charge in [-0.15, -0.1) is 11.8 Å². The number of allylic oxidation sites excluding steroid dienone is 1. The van der Waals surface area contributed by atoms with Crippen LogP contribution in [0.15, 0.2) is 11.6 Å². The van der Waals surface area contributed by atoms with E-state index in [9.17, 15) is 19.5 Å². The fourth-order valence-corrected chi connectivity index (χ4v) is 8.12. The van der Waals surface area contributed by atoms with Crippen molar-refractivity contribution in [1.29, 1.82) is 0 Å². The lowest BCUT2D eigenvalue weighted by atomic mass is 9.46. The van der Waals surface area contributed by atoms with Crippen molar-refractivity contribution in [3.05, 3.63) is 11.6 Å². The Hall–Kier alpha value is -1.14. The van der Waals surface area contributed by atoms with Crippen LogP contribution in [0.3, 0.4) is 0 Å². The second kappa shape index (κ2) is 7.23. The summed E-state index contributed by atoms with van der Waals surface area (Å²) in [5.41, 5.74) is 4.92. The number of hydrogen-bond acceptors (Lipinski definition) is 5. The van der Waals surface area contributed by atoms with E-state index in [-0.39, 0.29) is 28.5 Å². The molecule has 6 heteroatoms. The van der Waals surface area contributed by atoms with Gasteiger partial charge in [0, 0.05) is 11.8 Å². The molecular weight excluding hydrogens is 386 g/mol. The van der Waals surface area contributed by atoms with Gasteiger partial charge in [0.15, 0.2) is 11.6 Å². The zero-order valence-corrected chi connectivity index (χ0v) is 18.4. The molecule has 3 fully saturated rings. The van der Waals surface area contributed by atoms with Gasteiger partial charge in [-0.2, -0.15) is 0 Å². The first-order valence-corrected chi connectivity index (χ1v) is 12.1. The minimum absolute atomic E-state index is 0.0974. The Morgan fingerprint density at radius 2 is 1.83 bits per heavy atom. The van der Waals surface area contributed by atoms with Gasteiger partial charge in [0.25, 0.3) is 0 Å². The smallest absolute Gasteiger partial charge is 0.227 e. The summed E-state index contributed by atoms with van der Waals surface area (Å²) in [4.78, 5) is 36.0. The molecule has 0 saturated heterocycles. The van der Waals surface area contributed by atoms with E-state index in [0.717, 1.165) is 38.5 Å². The van der Waals surface area contributed by atoms with E-state index in [1.54, 1.807) is 0 Å². The number of carbonyl (C=O) groups is 3. The first kappa shape index (κ1) is 21.1. The Kier molecular flexibility index (Phi) is 5.26. The van der Waals surface area contributed by atoms with Gasteiger partial charge in [-0.25, -0.2) is 0 Å². The van der Waals surface area contributed by atoms with Crippen molar-refractivity contribution in [3.8, 4) is 0 Å². The van der Waals surface area contributed by atoms with Gasteiger partial charge in [-0.1, -0.05) is 19.4 Å². The predicted molar refractivity (Wildman–Crippen MR) is 113 cm³/mol. The maximum Gasteiger partial charge on any atom is 0.227 e. The Morgan fingerprint density at radius 1 is 1.10 bits per heavy atom. The molecule has 3 saturated carbocycles. The zero-order valence-electron chi connectivity index (χ0n) is 17.5. The second-order valence-corrected chi connectivity index (χ2v) is 11.2. The van der Waals surface area contributed by atoms with Gasteiger partial charge in [0.2, 0.25) is 5.91 Å². The molecule has 0 aromatic rings. The van der Waals surface area contributed by atoms with Crippen molar-refractivity contribution in [2.75, 3.05) is 11.5 Å². The fraction of sp³-hybridized carbons (Fsp3) is 0.783. The SMILES string of the molecule is C[C@]12CCC(=O)C=C1CC[C@@H]1[C@@H]2CC[C@@]2(C)[C@H]1CC[C@]2(O)C(=O)CSCC(N)=O. The largest absolute Gasteiger partial charge is 0.381 e. The van der Waals surface area contributed by atoms with Crippen LogP contribution in [0.2, 0.25) is 0 Å². The molecule has 4 rings (SSSR count). The van der Waals surface area contributed by atoms with Crippen molar-refractivity contribution in [2.45, 2.75) is 70.8 Å². The van der Waals surface area contributed by atoms with E-state index >= 15 is 0 Å². The monoisotopic (exact) mass is 419 g/mol. The van der Waals surface area contributed by atoms with Crippen LogP contribution in [0.4, 0.5) is 0 Å². The molecule has 0 radical (unpaired) electrons. The Bertz CT molecular complexity index is 779. The first-order chi connectivity index (χ1) is 13.6. The Morgan fingerprint density at radius 3 is 2.55 bits per heavy atom. The van der Waals surface area contributed by atoms with E-state index in [4.69, 9.17) is 5.73 Å². The average molecular weight is 420 g/mol. The van der Waals surface area contributed by atoms with E-state index < -0.39 is 16.9 Å². The number of thioether (sulfide) groups is 1. The predicted octanol–water partition coefficient (Wildman–Crippen LogP) is 3.04. The minimum atomic E-state index is -1.30. The lowest BCUT2D eigenvalue weighted by Crippen LogP contribution is -2.58. The molecule has 4 aliphatic carbocycles. The lowest BCUT2D eigenvalue weighted by molar-refractivity contribution is -0.159. The second-order valence-electron chi connectivity index (χ2n) is 10.2. The summed E-state index contributed by atoms with van der Waals surface area (Å²) in [5, 5.41) is 11.6. The van der Waals surface area contributed by atoms with Crippen LogP contribution in [0.25, 0.3) is 0 Å². The summed E-state index contributed by atoms with van der Waals surface area (Å²) >= 11 is 1.21. The number of rotatable bonds is 5. The Balaban J connectivity index is 1.56. The first-order valence-electron chi connectivity index (χ1n) is 11.0. The molecule has 160 valence electrons. The number of ketones is 2. The topological polar surface area (TPSA) is 97.5 Å². The molecule has 0 aliphatic heterocycles. The van der Waals surface area contributed by atoms with Crippen molar-refractivity contribution < 1.29 is 19.5 Å². The number of amides is 1. The van der Waals surface area contributed by atoms with Crippen molar-refractivity contribution >= 4 is 29.2 Å². The normalized spacial score (nSPS) is 43.8. The van der Waals surface area contributed by atoms with Crippen LogP contribution in [0.5, 0.6) is 0 Å². The highest BCUT2D eigenvalue weighted by Gasteiger charge is 2.65. The highest BCUT2D eigenvalue weighted by Crippen LogP contribution is 2.67. The van der Waals surface area contributed by atoms with Crippen LogP contribution >= 0.6 is 11.8 Å². The molecule has 5 nitrogen and oxygen atoms in total. The summed E-state index contributed by atoms with van der Waals surface area (Å²) in [6, 6.07) is 0. The van der Waals surface area contributed by atoms with Gasteiger partial charge in [0.1, 0.15) is 5.60 Å². The van der Waals surface area contributed by atoms with Gasteiger partial charge in [-0.05, 0) is 74.2 Å². The number of hydrogen-bond donors (Lipinski definition) is 2. The quantitative estimate of drug-likeness (QED) is 0.714. The van der Waals surface area contributed by atoms with Crippen LogP contribution in [0, 0.1) is 28.6 Å². The molecule has 29 heavy (non-hydrogen) atoms. The van der Waals surface area contributed by atoms with E-state index in [2.05, 4.69) is 13.8 Å². The van der Waals surface area contributed by atoms with Crippen molar-refractivity contribution in [3.63, 3.8) is 0 Å². The molecule has 4 aliphatic rings. The van der Waals surface area contributed by atoms with Gasteiger partial charge < -0.3 is 10.8 Å². The van der Waals surface area contributed by atoms with Crippen LogP contribution in [-0.4, -0.2) is 39.7 Å². The molecular formula is C23H33NO4S. The van der Waals surface area contributed by atoms with Gasteiger partial charge in [0.05, 0.1) is 11.5 Å². The summed E-state index contributed by atoms with van der Waals surface area (Å²) in [7, 11) is 0. The lowest BCUT2D eigenvalue weighted by Gasteiger charge is -2.58. The molecule has 0 unspecified atom stereocenters. The Labute approximate surface area is 177 Å². The van der Waals surface area contributed by atoms with E-state index in [1.807, 2.05) is 6.08 Å². The maximum atomic E-state index is 13.0. The van der Waals surface area contributed by atoms with Crippen LogP contribution in [-0.2, 0) is 14.4 Å². The zero-order chi connectivity index (χ0) is 21.0. The fourth-order valence-electron chi connectivity index (χ4n) is 7.40. The number of primary amides is 1. The summed E-state index contributed by atoms with van der Waals surface area (Å²) < 4.78 is 0. The highest BCUT2D eigenvalue weighted by atomic mass is 32.2. The molecule has 0 aromatic heterocycles. The number of aliphatic hydroxyl groups is 1. The van der Waals surface area contributed by atoms with Crippen LogP contribution < -0.4 is 5.73 Å². The highest BCUT2D eigenvalue weighted by molar-refractivity contribution is 8.00. The number of Topliss-reactive ketones (excluding diaryl/α,β-unsaturated/α-hetero) is 1. The molecule has 0 aromatic carbocycles. The maximum absolute atomic E-state index is 13.0. The molecule has 1 amide bonds. The third-order valence-corrected chi connectivity index (χ3v) is 10.0. The van der Waals surface area contributed by atoms with Crippen molar-refractivity contribution in [2.24, 2.45) is 34.3 Å². The summed E-state index contributed by atoms with van der Waals surface area (Å²) in [6.07, 6.45) is 8.77. The third kappa shape index (κ3) is 3.13. The number of carbonyl (C=O) groups excluding carboxylic acids is 3. The molecule has 0 spiro atoms. The average Bonchev–Trinajstić information content (AvgIpc) is 2.94. The number of fused-ring (bicyclic) bond motifs is 5. The van der Waals surface area contributed by atoms with Crippen LogP contribution in [0.1, 0.15) is 65.2 Å². The van der Waals surface area contributed by atoms with Crippen molar-refractivity contribution in [1.82, 2.24) is 0 Å². The van der Waals surface area contributed by atoms with Gasteiger partial charge >= 0.3 is 0 Å². The van der Waals surface area contributed by atoms with E-state index in [1.165, 1.54) is 17.3 Å². The number of nitrogens with two attached hydrogens (primary N) is 1. The molecule has 6 atom stereocenters. The molecule has 3 N–H and O–H groups in total. The van der Waals surface area contributed by atoms with Gasteiger partial charge in [-0.3, -0.25) is 14.4 Å². The summed E-state index contributed by atoms with van der Waals surface area (Å²) in [6.45, 7) is 4.47.